The lowest BCUT2D eigenvalue weighted by atomic mass is 9.61. The minimum Gasteiger partial charge on any atom is -0.497 e. The molecule has 0 bridgehead atoms. The van der Waals surface area contributed by atoms with Crippen molar-refractivity contribution in [1.29, 1.82) is 0 Å². The van der Waals surface area contributed by atoms with E-state index in [9.17, 15) is 25.1 Å². The second kappa shape index (κ2) is 8.41. The van der Waals surface area contributed by atoms with Crippen LogP contribution in [0.25, 0.3) is 0 Å². The van der Waals surface area contributed by atoms with Crippen LogP contribution in [0.1, 0.15) is 29.3 Å². The molecule has 1 aliphatic rings. The maximum absolute atomic E-state index is 13.5. The number of carbonyl (C=O) groups is 1. The quantitative estimate of drug-likeness (QED) is 0.422. The van der Waals surface area contributed by atoms with Gasteiger partial charge < -0.3 is 19.7 Å². The minimum absolute atomic E-state index is 0.0245. The van der Waals surface area contributed by atoms with E-state index in [1.54, 1.807) is 43.3 Å². The maximum atomic E-state index is 13.5. The number of aliphatic hydroxyl groups excluding tert-OH is 1. The lowest BCUT2D eigenvalue weighted by Crippen LogP contribution is -2.62. The predicted molar refractivity (Wildman–Crippen MR) is 108 cm³/mol. The summed E-state index contributed by atoms with van der Waals surface area (Å²) >= 11 is 0. The molecule has 0 aliphatic heterocycles. The fourth-order valence-electron chi connectivity index (χ4n) is 4.46. The molecule has 8 heteroatoms. The van der Waals surface area contributed by atoms with Gasteiger partial charge in [-0.2, -0.15) is 0 Å². The van der Waals surface area contributed by atoms with Gasteiger partial charge in [0.1, 0.15) is 17.6 Å². The second-order valence-corrected chi connectivity index (χ2v) is 7.63. The first-order chi connectivity index (χ1) is 14.2. The standard InChI is InChI=1S/C22H25NO7/c1-13-12-18(24)21(23(27)28)22(26,15-6-10-17(30-3)11-7-15)19(13)20(25)14-4-8-16(29-2)9-5-14/h4-11,13,18-19,21,24,26H,12H2,1-3H3/t13-,18+,19-,21-,22+/m1/s1. The number of benzene rings is 2. The van der Waals surface area contributed by atoms with E-state index in [4.69, 9.17) is 9.47 Å². The van der Waals surface area contributed by atoms with Crippen LogP contribution in [0.3, 0.4) is 0 Å². The molecule has 2 aromatic carbocycles. The Morgan fingerprint density at radius 3 is 2.03 bits per heavy atom. The third-order valence-electron chi connectivity index (χ3n) is 5.91. The van der Waals surface area contributed by atoms with Gasteiger partial charge in [-0.05, 0) is 54.3 Å². The molecule has 1 saturated carbocycles. The van der Waals surface area contributed by atoms with Crippen molar-refractivity contribution in [1.82, 2.24) is 0 Å². The van der Waals surface area contributed by atoms with E-state index in [1.807, 2.05) is 0 Å². The molecule has 2 aromatic rings. The summed E-state index contributed by atoms with van der Waals surface area (Å²) in [7, 11) is 2.98. The van der Waals surface area contributed by atoms with E-state index in [0.29, 0.717) is 17.1 Å². The summed E-state index contributed by atoms with van der Waals surface area (Å²) in [6.07, 6.45) is -1.38. The summed E-state index contributed by atoms with van der Waals surface area (Å²) in [5.74, 6) is -0.993. The van der Waals surface area contributed by atoms with Gasteiger partial charge in [0, 0.05) is 10.5 Å². The summed E-state index contributed by atoms with van der Waals surface area (Å²) in [6.45, 7) is 1.71. The fourth-order valence-corrected chi connectivity index (χ4v) is 4.46. The number of hydrogen-bond acceptors (Lipinski definition) is 7. The third-order valence-corrected chi connectivity index (χ3v) is 5.91. The van der Waals surface area contributed by atoms with Gasteiger partial charge in [0.05, 0.1) is 20.1 Å². The smallest absolute Gasteiger partial charge is 0.271 e. The van der Waals surface area contributed by atoms with Crippen LogP contribution in [-0.4, -0.2) is 47.3 Å². The Hall–Kier alpha value is -2.97. The number of methoxy groups -OCH3 is 2. The Kier molecular flexibility index (Phi) is 6.09. The van der Waals surface area contributed by atoms with Crippen LogP contribution in [-0.2, 0) is 5.60 Å². The molecule has 1 fully saturated rings. The van der Waals surface area contributed by atoms with Crippen molar-refractivity contribution in [3.63, 3.8) is 0 Å². The molecule has 0 spiro atoms. The lowest BCUT2D eigenvalue weighted by Gasteiger charge is -2.46. The fraction of sp³-hybridized carbons (Fsp3) is 0.409. The van der Waals surface area contributed by atoms with Crippen molar-refractivity contribution in [3.8, 4) is 11.5 Å². The first-order valence-electron chi connectivity index (χ1n) is 9.60. The molecule has 8 nitrogen and oxygen atoms in total. The van der Waals surface area contributed by atoms with Crippen LogP contribution >= 0.6 is 0 Å². The number of hydrogen-bond donors (Lipinski definition) is 2. The Morgan fingerprint density at radius 1 is 1.07 bits per heavy atom. The molecule has 30 heavy (non-hydrogen) atoms. The molecule has 160 valence electrons. The third kappa shape index (κ3) is 3.64. The van der Waals surface area contributed by atoms with Crippen molar-refractivity contribution in [2.45, 2.75) is 31.1 Å². The highest BCUT2D eigenvalue weighted by atomic mass is 16.6. The maximum Gasteiger partial charge on any atom is 0.271 e. The number of carbonyl (C=O) groups excluding carboxylic acids is 1. The summed E-state index contributed by atoms with van der Waals surface area (Å²) in [4.78, 5) is 24.7. The van der Waals surface area contributed by atoms with Crippen LogP contribution < -0.4 is 9.47 Å². The molecule has 0 aromatic heterocycles. The summed E-state index contributed by atoms with van der Waals surface area (Å²) in [5.41, 5.74) is -1.72. The monoisotopic (exact) mass is 415 g/mol. The van der Waals surface area contributed by atoms with Gasteiger partial charge in [-0.1, -0.05) is 19.1 Å². The number of ketones is 1. The van der Waals surface area contributed by atoms with Crippen LogP contribution in [0.4, 0.5) is 0 Å². The molecular weight excluding hydrogens is 390 g/mol. The molecule has 0 radical (unpaired) electrons. The van der Waals surface area contributed by atoms with Gasteiger partial charge in [-0.15, -0.1) is 0 Å². The van der Waals surface area contributed by atoms with Gasteiger partial charge >= 0.3 is 0 Å². The van der Waals surface area contributed by atoms with Crippen molar-refractivity contribution >= 4 is 5.78 Å². The topological polar surface area (TPSA) is 119 Å². The van der Waals surface area contributed by atoms with E-state index >= 15 is 0 Å². The number of aliphatic hydroxyl groups is 2. The highest BCUT2D eigenvalue weighted by Gasteiger charge is 2.63. The normalized spacial score (nSPS) is 28.6. The zero-order valence-electron chi connectivity index (χ0n) is 17.0. The number of nitrogens with zero attached hydrogens (tertiary/aromatic N) is 1. The molecule has 0 heterocycles. The second-order valence-electron chi connectivity index (χ2n) is 7.63. The van der Waals surface area contributed by atoms with Crippen LogP contribution in [0.2, 0.25) is 0 Å². The van der Waals surface area contributed by atoms with E-state index in [1.165, 1.54) is 26.4 Å². The summed E-state index contributed by atoms with van der Waals surface area (Å²) in [5, 5.41) is 34.2. The van der Waals surface area contributed by atoms with E-state index in [0.717, 1.165) is 0 Å². The van der Waals surface area contributed by atoms with Gasteiger partial charge in [0.2, 0.25) is 0 Å². The first kappa shape index (κ1) is 21.7. The predicted octanol–water partition coefficient (Wildman–Crippen LogP) is 2.44. The zero-order valence-corrected chi connectivity index (χ0v) is 17.0. The highest BCUT2D eigenvalue weighted by Crippen LogP contribution is 2.47. The minimum atomic E-state index is -2.20. The highest BCUT2D eigenvalue weighted by molar-refractivity contribution is 5.99. The molecule has 1 aliphatic carbocycles. The Balaban J connectivity index is 2.14. The summed E-state index contributed by atoms with van der Waals surface area (Å²) in [6, 6.07) is 10.7. The zero-order chi connectivity index (χ0) is 22.1. The number of Topliss-reactive ketones (excluding diaryl/α,β-unsaturated/α-hetero) is 1. The molecule has 0 unspecified atom stereocenters. The Labute approximate surface area is 174 Å². The van der Waals surface area contributed by atoms with Crippen LogP contribution in [0.5, 0.6) is 11.5 Å². The van der Waals surface area contributed by atoms with Crippen LogP contribution in [0.15, 0.2) is 48.5 Å². The van der Waals surface area contributed by atoms with Crippen molar-refractivity contribution in [2.75, 3.05) is 14.2 Å². The first-order valence-corrected chi connectivity index (χ1v) is 9.60. The van der Waals surface area contributed by atoms with Gasteiger partial charge in [-0.3, -0.25) is 14.9 Å². The molecule has 3 rings (SSSR count). The number of ether oxygens (including phenoxy) is 2. The number of nitro groups is 1. The van der Waals surface area contributed by atoms with Crippen molar-refractivity contribution in [3.05, 3.63) is 69.8 Å². The Morgan fingerprint density at radius 2 is 1.57 bits per heavy atom. The lowest BCUT2D eigenvalue weighted by molar-refractivity contribution is -0.567. The van der Waals surface area contributed by atoms with E-state index < -0.39 is 40.3 Å². The van der Waals surface area contributed by atoms with Crippen LogP contribution in [0, 0.1) is 22.0 Å². The average Bonchev–Trinajstić information content (AvgIpc) is 2.73. The van der Waals surface area contributed by atoms with E-state index in [-0.39, 0.29) is 12.0 Å². The number of rotatable bonds is 6. The van der Waals surface area contributed by atoms with Crippen molar-refractivity contribution < 1.29 is 29.4 Å². The molecule has 2 N–H and O–H groups in total. The largest absolute Gasteiger partial charge is 0.497 e. The Bertz CT molecular complexity index is 912. The van der Waals surface area contributed by atoms with Gasteiger partial charge in [0.25, 0.3) is 6.04 Å². The van der Waals surface area contributed by atoms with Gasteiger partial charge in [0.15, 0.2) is 11.4 Å². The molecule has 0 amide bonds. The van der Waals surface area contributed by atoms with Gasteiger partial charge in [-0.25, -0.2) is 0 Å². The molecule has 5 atom stereocenters. The SMILES string of the molecule is COc1ccc(C(=O)[C@H]2[C@H](C)C[C@H](O)[C@@H]([N+](=O)[O-])[C@]2(O)c2ccc(OC)cc2)cc1. The summed E-state index contributed by atoms with van der Waals surface area (Å²) < 4.78 is 10.2. The average molecular weight is 415 g/mol. The molecular formula is C22H25NO7. The van der Waals surface area contributed by atoms with Crippen molar-refractivity contribution in [2.24, 2.45) is 11.8 Å². The van der Waals surface area contributed by atoms with E-state index in [2.05, 4.69) is 0 Å². The molecule has 0 saturated heterocycles.